The number of hydrogen-bond acceptors (Lipinski definition) is 8. The predicted molar refractivity (Wildman–Crippen MR) is 330 cm³/mol. The van der Waals surface area contributed by atoms with Crippen LogP contribution in [-0.4, -0.2) is 49.3 Å². The number of carbonyl (C=O) groups is 2. The molecule has 0 spiro atoms. The monoisotopic (exact) mass is 1100 g/mol. The van der Waals surface area contributed by atoms with Crippen LogP contribution in [0, 0.1) is 0 Å². The lowest BCUT2D eigenvalue weighted by Gasteiger charge is -2.19. The number of rotatable bonds is 59. The summed E-state index contributed by atoms with van der Waals surface area (Å²) in [5.41, 5.74) is 5.38. The zero-order valence-electron chi connectivity index (χ0n) is 49.7. The lowest BCUT2D eigenvalue weighted by Crippen LogP contribution is -2.29. The van der Waals surface area contributed by atoms with Gasteiger partial charge < -0.3 is 20.1 Å². The second-order valence-corrected chi connectivity index (χ2v) is 22.4. The van der Waals surface area contributed by atoms with E-state index >= 15 is 0 Å². The largest absolute Gasteiger partial charge is 0.472 e. The first-order valence-electron chi connectivity index (χ1n) is 31.7. The molecule has 0 fully saturated rings. The predicted octanol–water partition coefficient (Wildman–Crippen LogP) is 20.4. The van der Waals surface area contributed by atoms with Gasteiger partial charge in [-0.05, 0) is 77.0 Å². The third kappa shape index (κ3) is 62.0. The standard InChI is InChI=1S/C67H118NO8P/c1-3-5-7-9-11-13-15-17-19-20-21-22-23-24-25-26-27-28-29-30-31-32-33-34-35-36-37-38-39-40-41-42-43-44-46-48-50-52-54-56-58-60-67(70)76-65(64-75-77(71,72)74-62-61-68)63-73-66(69)59-57-55-53-51-49-47-45-18-16-14-12-10-8-6-4-2/h5,7,11,13,17,19,21-22,24-25,27-28,30-31,33-34,65H,3-4,6,8-10,12,14-16,18,20,23,26,29,32,35-64,68H2,1-2H3,(H,71,72)/b7-5-,13-11-,19-17-,22-21-,25-24-,28-27-,31-30-,34-33-. The Labute approximate surface area is 474 Å². The van der Waals surface area contributed by atoms with Gasteiger partial charge >= 0.3 is 19.8 Å². The number of nitrogens with two attached hydrogens (primary N) is 1. The van der Waals surface area contributed by atoms with Gasteiger partial charge in [-0.1, -0.05) is 291 Å². The summed E-state index contributed by atoms with van der Waals surface area (Å²) < 4.78 is 33.0. The third-order valence-electron chi connectivity index (χ3n) is 13.5. The summed E-state index contributed by atoms with van der Waals surface area (Å²) >= 11 is 0. The molecule has 0 aromatic rings. The summed E-state index contributed by atoms with van der Waals surface area (Å²) in [7, 11) is -4.39. The Morgan fingerprint density at radius 1 is 0.403 bits per heavy atom. The zero-order valence-corrected chi connectivity index (χ0v) is 50.6. The molecule has 0 bridgehead atoms. The molecular weight excluding hydrogens is 978 g/mol. The zero-order chi connectivity index (χ0) is 55.9. The van der Waals surface area contributed by atoms with Crippen molar-refractivity contribution in [1.29, 1.82) is 0 Å². The molecule has 2 unspecified atom stereocenters. The van der Waals surface area contributed by atoms with Crippen LogP contribution in [0.25, 0.3) is 0 Å². The molecular formula is C67H118NO8P. The number of phosphoric ester groups is 1. The van der Waals surface area contributed by atoms with E-state index in [-0.39, 0.29) is 38.6 Å². The normalized spacial score (nSPS) is 13.7. The van der Waals surface area contributed by atoms with Gasteiger partial charge in [0, 0.05) is 19.4 Å². The van der Waals surface area contributed by atoms with Gasteiger partial charge in [-0.3, -0.25) is 18.6 Å². The lowest BCUT2D eigenvalue weighted by atomic mass is 10.0. The highest BCUT2D eigenvalue weighted by Gasteiger charge is 2.26. The number of esters is 2. The molecule has 0 aliphatic heterocycles. The molecule has 0 aromatic carbocycles. The quantitative estimate of drug-likeness (QED) is 0.0264. The van der Waals surface area contributed by atoms with Crippen molar-refractivity contribution >= 4 is 19.8 Å². The minimum atomic E-state index is -4.39. The van der Waals surface area contributed by atoms with Crippen LogP contribution in [0.1, 0.15) is 284 Å². The molecule has 77 heavy (non-hydrogen) atoms. The smallest absolute Gasteiger partial charge is 0.462 e. The van der Waals surface area contributed by atoms with Crippen LogP contribution in [0.5, 0.6) is 0 Å². The van der Waals surface area contributed by atoms with Crippen molar-refractivity contribution in [3.63, 3.8) is 0 Å². The Morgan fingerprint density at radius 2 is 0.714 bits per heavy atom. The van der Waals surface area contributed by atoms with Gasteiger partial charge in [-0.25, -0.2) is 4.57 Å². The molecule has 9 nitrogen and oxygen atoms in total. The Bertz CT molecular complexity index is 1580. The highest BCUT2D eigenvalue weighted by molar-refractivity contribution is 7.47. The van der Waals surface area contributed by atoms with E-state index in [9.17, 15) is 19.0 Å². The van der Waals surface area contributed by atoms with Crippen molar-refractivity contribution in [2.45, 2.75) is 290 Å². The summed E-state index contributed by atoms with van der Waals surface area (Å²) in [6.07, 6.45) is 83.4. The fourth-order valence-corrected chi connectivity index (χ4v) is 9.60. The second-order valence-electron chi connectivity index (χ2n) is 20.9. The van der Waals surface area contributed by atoms with Gasteiger partial charge in [-0.2, -0.15) is 0 Å². The fraction of sp³-hybridized carbons (Fsp3) is 0.731. The molecule has 0 rings (SSSR count). The van der Waals surface area contributed by atoms with Crippen LogP contribution in [0.3, 0.4) is 0 Å². The third-order valence-corrected chi connectivity index (χ3v) is 14.5. The highest BCUT2D eigenvalue weighted by Crippen LogP contribution is 2.43. The molecule has 0 amide bonds. The maximum absolute atomic E-state index is 12.7. The number of hydrogen-bond donors (Lipinski definition) is 2. The van der Waals surface area contributed by atoms with Gasteiger partial charge in [0.2, 0.25) is 0 Å². The molecule has 0 aromatic heterocycles. The van der Waals surface area contributed by atoms with Crippen molar-refractivity contribution in [3.05, 3.63) is 97.2 Å². The van der Waals surface area contributed by atoms with Crippen molar-refractivity contribution in [2.24, 2.45) is 5.73 Å². The van der Waals surface area contributed by atoms with E-state index in [0.29, 0.717) is 6.42 Å². The van der Waals surface area contributed by atoms with Crippen LogP contribution < -0.4 is 5.73 Å². The lowest BCUT2D eigenvalue weighted by molar-refractivity contribution is -0.161. The summed E-state index contributed by atoms with van der Waals surface area (Å²) in [6, 6.07) is 0. The first kappa shape index (κ1) is 73.9. The average molecular weight is 1100 g/mol. The van der Waals surface area contributed by atoms with Crippen molar-refractivity contribution in [2.75, 3.05) is 26.4 Å². The van der Waals surface area contributed by atoms with Crippen LogP contribution in [-0.2, 0) is 32.7 Å². The van der Waals surface area contributed by atoms with Crippen LogP contribution in [0.4, 0.5) is 0 Å². The van der Waals surface area contributed by atoms with Crippen LogP contribution in [0.2, 0.25) is 0 Å². The van der Waals surface area contributed by atoms with Gasteiger partial charge in [-0.15, -0.1) is 0 Å². The number of unbranched alkanes of at least 4 members (excludes halogenated alkanes) is 30. The maximum Gasteiger partial charge on any atom is 0.472 e. The van der Waals surface area contributed by atoms with Gasteiger partial charge in [0.15, 0.2) is 6.10 Å². The van der Waals surface area contributed by atoms with Crippen LogP contribution >= 0.6 is 7.82 Å². The Morgan fingerprint density at radius 3 is 1.06 bits per heavy atom. The Kier molecular flexibility index (Phi) is 59.7. The number of carbonyl (C=O) groups excluding carboxylic acids is 2. The average Bonchev–Trinajstić information content (AvgIpc) is 3.42. The first-order chi connectivity index (χ1) is 37.8. The summed E-state index contributed by atoms with van der Waals surface area (Å²) in [5.74, 6) is -0.819. The van der Waals surface area contributed by atoms with E-state index in [4.69, 9.17) is 24.3 Å². The van der Waals surface area contributed by atoms with Gasteiger partial charge in [0.25, 0.3) is 0 Å². The minimum Gasteiger partial charge on any atom is -0.462 e. The molecule has 2 atom stereocenters. The van der Waals surface area contributed by atoms with E-state index < -0.39 is 26.5 Å². The molecule has 0 aliphatic carbocycles. The van der Waals surface area contributed by atoms with E-state index in [1.54, 1.807) is 0 Å². The maximum atomic E-state index is 12.7. The summed E-state index contributed by atoms with van der Waals surface area (Å²) in [4.78, 5) is 35.2. The summed E-state index contributed by atoms with van der Waals surface area (Å²) in [6.45, 7) is 3.65. The first-order valence-corrected chi connectivity index (χ1v) is 33.2. The van der Waals surface area contributed by atoms with Gasteiger partial charge in [0.1, 0.15) is 6.61 Å². The van der Waals surface area contributed by atoms with Crippen molar-refractivity contribution in [3.8, 4) is 0 Å². The second kappa shape index (κ2) is 62.1. The SMILES string of the molecule is CC/C=C\C/C=C\C/C=C\C/C=C\C/C=C\C/C=C\C/C=C\C/C=C\CCCCCCCCCCCCCCCCCCC(=O)OC(COC(=O)CCCCCCCCCCCCCCCCC)COP(=O)(O)OCCN. The molecule has 0 saturated heterocycles. The fourth-order valence-electron chi connectivity index (χ4n) is 8.83. The van der Waals surface area contributed by atoms with Crippen LogP contribution in [0.15, 0.2) is 97.2 Å². The Hall–Kier alpha value is -3.07. The van der Waals surface area contributed by atoms with E-state index in [1.807, 2.05) is 0 Å². The van der Waals surface area contributed by atoms with E-state index in [1.165, 1.54) is 161 Å². The van der Waals surface area contributed by atoms with E-state index in [0.717, 1.165) is 89.9 Å². The minimum absolute atomic E-state index is 0.0528. The molecule has 0 heterocycles. The highest BCUT2D eigenvalue weighted by atomic mass is 31.2. The van der Waals surface area contributed by atoms with Gasteiger partial charge in [0.05, 0.1) is 13.2 Å². The van der Waals surface area contributed by atoms with Crippen molar-refractivity contribution < 1.29 is 37.6 Å². The molecule has 444 valence electrons. The van der Waals surface area contributed by atoms with E-state index in [2.05, 4.69) is 111 Å². The molecule has 0 saturated carbocycles. The number of phosphoric acid groups is 1. The Balaban J connectivity index is 3.84. The topological polar surface area (TPSA) is 134 Å². The summed E-state index contributed by atoms with van der Waals surface area (Å²) in [5, 5.41) is 0. The number of allylic oxidation sites excluding steroid dienone is 16. The number of ether oxygens (including phenoxy) is 2. The molecule has 0 aliphatic rings. The van der Waals surface area contributed by atoms with Crippen molar-refractivity contribution in [1.82, 2.24) is 0 Å². The molecule has 3 N–H and O–H groups in total. The molecule has 10 heteroatoms. The molecule has 0 radical (unpaired) electrons.